The fourth-order valence-corrected chi connectivity index (χ4v) is 4.19. The maximum absolute atomic E-state index is 13.0. The number of halogens is 1. The summed E-state index contributed by atoms with van der Waals surface area (Å²) in [5.74, 6) is -0.0368. The number of likely N-dealkylation sites (N-methyl/N-ethyl adjacent to an activating group) is 1. The number of carbonyl (C=O) groups is 2. The van der Waals surface area contributed by atoms with Crippen molar-refractivity contribution in [1.82, 2.24) is 10.2 Å². The second-order valence-corrected chi connectivity index (χ2v) is 9.48. The fourth-order valence-electron chi connectivity index (χ4n) is 3.25. The van der Waals surface area contributed by atoms with Gasteiger partial charge in [0.1, 0.15) is 11.3 Å². The number of anilines is 1. The van der Waals surface area contributed by atoms with Crippen LogP contribution in [0.3, 0.4) is 0 Å². The Morgan fingerprint density at radius 2 is 1.83 bits per heavy atom. The molecular weight excluding hydrogens is 410 g/mol. The van der Waals surface area contributed by atoms with Gasteiger partial charge in [0.2, 0.25) is 5.91 Å². The van der Waals surface area contributed by atoms with Gasteiger partial charge in [-0.05, 0) is 69.1 Å². The Balaban J connectivity index is 1.77. The minimum atomic E-state index is -1.12. The molecule has 1 aromatic heterocycles. The van der Waals surface area contributed by atoms with Gasteiger partial charge in [-0.25, -0.2) is 0 Å². The molecule has 0 unspecified atom stereocenters. The second kappa shape index (κ2) is 8.73. The lowest BCUT2D eigenvalue weighted by molar-refractivity contribution is -0.120. The molecule has 29 heavy (non-hydrogen) atoms. The van der Waals surface area contributed by atoms with E-state index in [-0.39, 0.29) is 11.8 Å². The molecule has 0 saturated carbocycles. The van der Waals surface area contributed by atoms with E-state index in [9.17, 15) is 9.59 Å². The SMILES string of the molecule is COc1cc2c(cc1NC(=O)C(C)(C)NC(=O)c1ccc(Cl)s1)CCN(C)CC2. The number of benzene rings is 1. The highest BCUT2D eigenvalue weighted by atomic mass is 35.5. The maximum atomic E-state index is 13.0. The van der Waals surface area contributed by atoms with E-state index in [1.165, 1.54) is 22.5 Å². The standard InChI is InChI=1S/C21H26ClN3O3S/c1-21(2,24-19(26)17-5-6-18(22)29-17)20(27)23-15-11-13-7-9-25(3)10-8-14(13)12-16(15)28-4/h5-6,11-12H,7-10H2,1-4H3,(H,23,27)(H,24,26). The van der Waals surface area contributed by atoms with Gasteiger partial charge in [-0.15, -0.1) is 11.3 Å². The zero-order valence-corrected chi connectivity index (χ0v) is 18.7. The maximum Gasteiger partial charge on any atom is 0.262 e. The van der Waals surface area contributed by atoms with Crippen LogP contribution in [0.25, 0.3) is 0 Å². The molecule has 1 aliphatic rings. The van der Waals surface area contributed by atoms with Crippen LogP contribution in [-0.4, -0.2) is 49.5 Å². The molecule has 6 nitrogen and oxygen atoms in total. The number of fused-ring (bicyclic) bond motifs is 1. The summed E-state index contributed by atoms with van der Waals surface area (Å²) in [5.41, 5.74) is 1.94. The highest BCUT2D eigenvalue weighted by Gasteiger charge is 2.31. The highest BCUT2D eigenvalue weighted by molar-refractivity contribution is 7.18. The van der Waals surface area contributed by atoms with Gasteiger partial charge in [0, 0.05) is 13.1 Å². The summed E-state index contributed by atoms with van der Waals surface area (Å²) in [4.78, 5) is 28.1. The first-order valence-electron chi connectivity index (χ1n) is 9.47. The minimum absolute atomic E-state index is 0.322. The van der Waals surface area contributed by atoms with Crippen LogP contribution in [0.15, 0.2) is 24.3 Å². The van der Waals surface area contributed by atoms with E-state index in [1.807, 2.05) is 12.1 Å². The van der Waals surface area contributed by atoms with Gasteiger partial charge in [-0.1, -0.05) is 11.6 Å². The molecule has 0 saturated heterocycles. The third-order valence-electron chi connectivity index (χ3n) is 5.09. The van der Waals surface area contributed by atoms with E-state index < -0.39 is 5.54 Å². The van der Waals surface area contributed by atoms with Gasteiger partial charge in [-0.2, -0.15) is 0 Å². The predicted octanol–water partition coefficient (Wildman–Crippen LogP) is 3.59. The normalized spacial score (nSPS) is 14.7. The van der Waals surface area contributed by atoms with Crippen molar-refractivity contribution < 1.29 is 14.3 Å². The monoisotopic (exact) mass is 435 g/mol. The molecule has 0 atom stereocenters. The van der Waals surface area contributed by atoms with Gasteiger partial charge in [0.25, 0.3) is 5.91 Å². The van der Waals surface area contributed by atoms with Gasteiger partial charge < -0.3 is 20.3 Å². The first-order valence-corrected chi connectivity index (χ1v) is 10.7. The second-order valence-electron chi connectivity index (χ2n) is 7.76. The average Bonchev–Trinajstić information content (AvgIpc) is 3.03. The van der Waals surface area contributed by atoms with Crippen molar-refractivity contribution in [2.75, 3.05) is 32.6 Å². The Bertz CT molecular complexity index is 926. The Morgan fingerprint density at radius 3 is 2.41 bits per heavy atom. The van der Waals surface area contributed by atoms with E-state index in [1.54, 1.807) is 33.1 Å². The molecule has 1 aliphatic heterocycles. The van der Waals surface area contributed by atoms with Crippen LogP contribution in [-0.2, 0) is 17.6 Å². The molecule has 0 spiro atoms. The molecule has 2 heterocycles. The number of rotatable bonds is 5. The van der Waals surface area contributed by atoms with Crippen LogP contribution in [0.5, 0.6) is 5.75 Å². The molecule has 156 valence electrons. The molecule has 0 radical (unpaired) electrons. The number of ether oxygens (including phenoxy) is 1. The van der Waals surface area contributed by atoms with Crippen LogP contribution in [0.4, 0.5) is 5.69 Å². The summed E-state index contributed by atoms with van der Waals surface area (Å²) >= 11 is 7.07. The number of hydrogen-bond donors (Lipinski definition) is 2. The molecule has 2 amide bonds. The van der Waals surface area contributed by atoms with E-state index >= 15 is 0 Å². The first kappa shape index (κ1) is 21.6. The van der Waals surface area contributed by atoms with Crippen LogP contribution < -0.4 is 15.4 Å². The Morgan fingerprint density at radius 1 is 1.17 bits per heavy atom. The van der Waals surface area contributed by atoms with Crippen molar-refractivity contribution in [3.63, 3.8) is 0 Å². The third-order valence-corrected chi connectivity index (χ3v) is 6.32. The number of carbonyl (C=O) groups excluding carboxylic acids is 2. The van der Waals surface area contributed by atoms with Crippen LogP contribution >= 0.6 is 22.9 Å². The zero-order valence-electron chi connectivity index (χ0n) is 17.1. The number of methoxy groups -OCH3 is 1. The molecule has 0 fully saturated rings. The summed E-state index contributed by atoms with van der Waals surface area (Å²) in [7, 11) is 3.70. The molecular formula is C21H26ClN3O3S. The topological polar surface area (TPSA) is 70.7 Å². The molecule has 0 bridgehead atoms. The Labute approximate surface area is 180 Å². The van der Waals surface area contributed by atoms with E-state index in [4.69, 9.17) is 16.3 Å². The molecule has 8 heteroatoms. The number of thiophene rings is 1. The van der Waals surface area contributed by atoms with Crippen LogP contribution in [0.2, 0.25) is 4.34 Å². The lowest BCUT2D eigenvalue weighted by atomic mass is 10.00. The highest BCUT2D eigenvalue weighted by Crippen LogP contribution is 2.31. The van der Waals surface area contributed by atoms with Crippen LogP contribution in [0.1, 0.15) is 34.6 Å². The molecule has 2 N–H and O–H groups in total. The predicted molar refractivity (Wildman–Crippen MR) is 117 cm³/mol. The number of nitrogens with one attached hydrogen (secondary N) is 2. The lowest BCUT2D eigenvalue weighted by Crippen LogP contribution is -2.52. The quantitative estimate of drug-likeness (QED) is 0.752. The Hall–Kier alpha value is -2.09. The van der Waals surface area contributed by atoms with E-state index in [2.05, 4.69) is 22.6 Å². The number of hydrogen-bond acceptors (Lipinski definition) is 5. The van der Waals surface area contributed by atoms with E-state index in [0.29, 0.717) is 20.7 Å². The summed E-state index contributed by atoms with van der Waals surface area (Å²) in [6.07, 6.45) is 1.86. The van der Waals surface area contributed by atoms with Crippen molar-refractivity contribution in [1.29, 1.82) is 0 Å². The van der Waals surface area contributed by atoms with Crippen molar-refractivity contribution in [2.45, 2.75) is 32.2 Å². The van der Waals surface area contributed by atoms with Gasteiger partial charge in [0.05, 0.1) is 22.0 Å². The summed E-state index contributed by atoms with van der Waals surface area (Å²) < 4.78 is 6.04. The van der Waals surface area contributed by atoms with Gasteiger partial charge in [-0.3, -0.25) is 9.59 Å². The minimum Gasteiger partial charge on any atom is -0.495 e. The average molecular weight is 436 g/mol. The third kappa shape index (κ3) is 5.10. The zero-order chi connectivity index (χ0) is 21.2. The van der Waals surface area contributed by atoms with Crippen molar-refractivity contribution >= 4 is 40.4 Å². The number of amides is 2. The Kier molecular flexibility index (Phi) is 6.51. The fraction of sp³-hybridized carbons (Fsp3) is 0.429. The van der Waals surface area contributed by atoms with Crippen molar-refractivity contribution in [2.24, 2.45) is 0 Å². The number of nitrogens with zero attached hydrogens (tertiary/aromatic N) is 1. The van der Waals surface area contributed by atoms with Gasteiger partial charge >= 0.3 is 0 Å². The lowest BCUT2D eigenvalue weighted by Gasteiger charge is -2.25. The van der Waals surface area contributed by atoms with E-state index in [0.717, 1.165) is 25.9 Å². The van der Waals surface area contributed by atoms with Crippen molar-refractivity contribution in [3.8, 4) is 5.75 Å². The largest absolute Gasteiger partial charge is 0.495 e. The van der Waals surface area contributed by atoms with Crippen LogP contribution in [0, 0.1) is 0 Å². The molecule has 0 aliphatic carbocycles. The van der Waals surface area contributed by atoms with Crippen molar-refractivity contribution in [3.05, 3.63) is 44.6 Å². The molecule has 3 rings (SSSR count). The smallest absolute Gasteiger partial charge is 0.262 e. The van der Waals surface area contributed by atoms with Gasteiger partial charge in [0.15, 0.2) is 0 Å². The first-order chi connectivity index (χ1) is 13.7. The molecule has 1 aromatic carbocycles. The molecule has 2 aromatic rings. The summed E-state index contributed by atoms with van der Waals surface area (Å²) in [6, 6.07) is 7.29. The summed E-state index contributed by atoms with van der Waals surface area (Å²) in [6.45, 7) is 5.30. The summed E-state index contributed by atoms with van der Waals surface area (Å²) in [5, 5.41) is 5.71.